The molecule has 1 fully saturated rings. The number of benzene rings is 2. The highest BCUT2D eigenvalue weighted by atomic mass is 16.5. The maximum Gasteiger partial charge on any atom is 0.343 e. The van der Waals surface area contributed by atoms with E-state index in [1.807, 2.05) is 29.2 Å². The van der Waals surface area contributed by atoms with Crippen LogP contribution in [0.5, 0.6) is 11.5 Å². The molecule has 7 nitrogen and oxygen atoms in total. The molecule has 3 aromatic rings. The van der Waals surface area contributed by atoms with Crippen molar-refractivity contribution in [1.29, 1.82) is 0 Å². The van der Waals surface area contributed by atoms with Crippen LogP contribution in [0.3, 0.4) is 0 Å². The van der Waals surface area contributed by atoms with E-state index in [1.54, 1.807) is 48.8 Å². The molecule has 1 saturated heterocycles. The number of carbonyl (C=O) groups excluding carboxylic acids is 2. The van der Waals surface area contributed by atoms with Crippen LogP contribution in [0.2, 0.25) is 0 Å². The van der Waals surface area contributed by atoms with Gasteiger partial charge in [-0.2, -0.15) is 0 Å². The third kappa shape index (κ3) is 9.89. The Morgan fingerprint density at radius 3 is 1.83 bits per heavy atom. The van der Waals surface area contributed by atoms with Crippen molar-refractivity contribution in [2.45, 2.75) is 71.1 Å². The zero-order valence-electron chi connectivity index (χ0n) is 25.0. The van der Waals surface area contributed by atoms with Crippen molar-refractivity contribution in [3.8, 4) is 11.5 Å². The summed E-state index contributed by atoms with van der Waals surface area (Å²) in [6, 6.07) is 17.8. The second-order valence-electron chi connectivity index (χ2n) is 11.0. The van der Waals surface area contributed by atoms with Gasteiger partial charge in [0.25, 0.3) is 5.91 Å². The van der Waals surface area contributed by atoms with Crippen molar-refractivity contribution in [2.24, 2.45) is 0 Å². The topological polar surface area (TPSA) is 72.0 Å². The highest BCUT2D eigenvalue weighted by Gasteiger charge is 2.22. The fraction of sp³-hybridized carbons (Fsp3) is 0.457. The summed E-state index contributed by atoms with van der Waals surface area (Å²) in [5.41, 5.74) is 2.15. The summed E-state index contributed by atoms with van der Waals surface area (Å²) < 4.78 is 11.4. The minimum absolute atomic E-state index is 0.0179. The number of piperazine rings is 1. The lowest BCUT2D eigenvalue weighted by molar-refractivity contribution is 0.0734. The molecule has 0 bridgehead atoms. The predicted octanol–water partition coefficient (Wildman–Crippen LogP) is 7.56. The molecule has 0 saturated carbocycles. The van der Waals surface area contributed by atoms with Crippen molar-refractivity contribution >= 4 is 17.6 Å². The molecule has 0 atom stereocenters. The fourth-order valence-corrected chi connectivity index (χ4v) is 5.20. The second-order valence-corrected chi connectivity index (χ2v) is 11.0. The van der Waals surface area contributed by atoms with E-state index >= 15 is 0 Å². The Balaban J connectivity index is 1.13. The summed E-state index contributed by atoms with van der Waals surface area (Å²) in [6.45, 7) is 5.79. The van der Waals surface area contributed by atoms with Crippen molar-refractivity contribution in [3.63, 3.8) is 0 Å². The lowest BCUT2D eigenvalue weighted by Gasteiger charge is -2.36. The molecule has 0 radical (unpaired) electrons. The number of anilines is 1. The summed E-state index contributed by atoms with van der Waals surface area (Å²) in [5, 5.41) is 0. The lowest BCUT2D eigenvalue weighted by Crippen LogP contribution is -2.48. The zero-order chi connectivity index (χ0) is 29.4. The van der Waals surface area contributed by atoms with Gasteiger partial charge in [0.15, 0.2) is 0 Å². The zero-order valence-corrected chi connectivity index (χ0v) is 25.0. The Morgan fingerprint density at radius 1 is 0.667 bits per heavy atom. The minimum atomic E-state index is -0.442. The van der Waals surface area contributed by atoms with Crippen molar-refractivity contribution in [3.05, 3.63) is 84.2 Å². The summed E-state index contributed by atoms with van der Waals surface area (Å²) in [6.07, 6.45) is 16.5. The van der Waals surface area contributed by atoms with Crippen LogP contribution in [0.1, 0.15) is 91.8 Å². The Morgan fingerprint density at radius 2 is 1.21 bits per heavy atom. The fourth-order valence-electron chi connectivity index (χ4n) is 5.20. The van der Waals surface area contributed by atoms with E-state index in [4.69, 9.17) is 9.47 Å². The van der Waals surface area contributed by atoms with Crippen LogP contribution >= 0.6 is 0 Å². The molecule has 2 heterocycles. The summed E-state index contributed by atoms with van der Waals surface area (Å²) in [4.78, 5) is 33.8. The molecule has 0 unspecified atom stereocenters. The first-order valence-corrected chi connectivity index (χ1v) is 15.6. The highest BCUT2D eigenvalue weighted by molar-refractivity contribution is 5.95. The van der Waals surface area contributed by atoms with Gasteiger partial charge in [-0.05, 0) is 67.1 Å². The van der Waals surface area contributed by atoms with Gasteiger partial charge in [-0.25, -0.2) is 4.79 Å². The number of hydrogen-bond donors (Lipinski definition) is 0. The van der Waals surface area contributed by atoms with E-state index in [0.717, 1.165) is 30.9 Å². The Kier molecular flexibility index (Phi) is 12.7. The molecule has 1 aliphatic heterocycles. The van der Waals surface area contributed by atoms with Crippen LogP contribution in [-0.4, -0.2) is 54.5 Å². The van der Waals surface area contributed by atoms with Crippen LogP contribution in [0.15, 0.2) is 73.1 Å². The van der Waals surface area contributed by atoms with E-state index in [1.165, 1.54) is 57.8 Å². The Bertz CT molecular complexity index is 1210. The number of nitrogens with zero attached hydrogens (tertiary/aromatic N) is 3. The predicted molar refractivity (Wildman–Crippen MR) is 168 cm³/mol. The molecule has 224 valence electrons. The van der Waals surface area contributed by atoms with Gasteiger partial charge in [-0.1, -0.05) is 64.7 Å². The van der Waals surface area contributed by atoms with E-state index in [0.29, 0.717) is 36.6 Å². The number of hydrogen-bond acceptors (Lipinski definition) is 6. The lowest BCUT2D eigenvalue weighted by atomic mass is 10.1. The van der Waals surface area contributed by atoms with E-state index in [9.17, 15) is 9.59 Å². The van der Waals surface area contributed by atoms with Gasteiger partial charge in [0.1, 0.15) is 11.5 Å². The maximum atomic E-state index is 13.0. The summed E-state index contributed by atoms with van der Waals surface area (Å²) in [5.74, 6) is 0.700. The monoisotopic (exact) mass is 571 g/mol. The molecule has 1 aliphatic rings. The number of aromatic nitrogens is 1. The third-order valence-electron chi connectivity index (χ3n) is 7.76. The molecule has 7 heteroatoms. The van der Waals surface area contributed by atoms with Crippen LogP contribution in [-0.2, 0) is 0 Å². The van der Waals surface area contributed by atoms with Gasteiger partial charge in [0, 0.05) is 49.8 Å². The molecular formula is C35H45N3O4. The number of carbonyl (C=O) groups is 2. The van der Waals surface area contributed by atoms with Gasteiger partial charge < -0.3 is 19.3 Å². The van der Waals surface area contributed by atoms with Crippen molar-refractivity contribution in [1.82, 2.24) is 9.88 Å². The number of unbranched alkanes of at least 4 members (excludes halogenated alkanes) is 9. The average Bonchev–Trinajstić information content (AvgIpc) is 3.04. The van der Waals surface area contributed by atoms with E-state index in [2.05, 4.69) is 16.8 Å². The molecule has 42 heavy (non-hydrogen) atoms. The molecular weight excluding hydrogens is 526 g/mol. The van der Waals surface area contributed by atoms with Crippen LogP contribution in [0.4, 0.5) is 5.69 Å². The van der Waals surface area contributed by atoms with Gasteiger partial charge in [0.2, 0.25) is 0 Å². The summed E-state index contributed by atoms with van der Waals surface area (Å²) >= 11 is 0. The van der Waals surface area contributed by atoms with Crippen molar-refractivity contribution in [2.75, 3.05) is 37.7 Å². The molecule has 2 aromatic carbocycles. The van der Waals surface area contributed by atoms with E-state index < -0.39 is 5.97 Å². The first-order chi connectivity index (χ1) is 20.6. The second kappa shape index (κ2) is 17.2. The summed E-state index contributed by atoms with van der Waals surface area (Å²) in [7, 11) is 0. The van der Waals surface area contributed by atoms with Crippen LogP contribution < -0.4 is 14.4 Å². The highest BCUT2D eigenvalue weighted by Crippen LogP contribution is 2.20. The van der Waals surface area contributed by atoms with Crippen LogP contribution in [0, 0.1) is 0 Å². The number of rotatable bonds is 16. The van der Waals surface area contributed by atoms with Crippen molar-refractivity contribution < 1.29 is 19.1 Å². The SMILES string of the molecule is CCCCCCCCCCCCOc1ccc(C(=O)Oc2ccc(C(=O)N3CCN(c4ccncc4)CC3)cc2)cc1. The number of ether oxygens (including phenoxy) is 2. The van der Waals surface area contributed by atoms with Gasteiger partial charge in [-0.15, -0.1) is 0 Å². The normalized spacial score (nSPS) is 13.2. The van der Waals surface area contributed by atoms with Gasteiger partial charge in [-0.3, -0.25) is 9.78 Å². The number of amides is 1. The molecule has 0 spiro atoms. The largest absolute Gasteiger partial charge is 0.494 e. The van der Waals surface area contributed by atoms with Crippen LogP contribution in [0.25, 0.3) is 0 Å². The maximum absolute atomic E-state index is 13.0. The number of pyridine rings is 1. The average molecular weight is 572 g/mol. The van der Waals surface area contributed by atoms with E-state index in [-0.39, 0.29) is 5.91 Å². The molecule has 4 rings (SSSR count). The number of esters is 1. The van der Waals surface area contributed by atoms with Gasteiger partial charge in [0.05, 0.1) is 12.2 Å². The third-order valence-corrected chi connectivity index (χ3v) is 7.76. The standard InChI is InChI=1S/C35H45N3O4/c1-2-3-4-5-6-7-8-9-10-11-28-41-32-16-14-30(15-17-32)35(40)42-33-18-12-29(13-19-33)34(39)38-26-24-37(25-27-38)31-20-22-36-23-21-31/h12-23H,2-11,24-28H2,1H3. The Hall–Kier alpha value is -3.87. The molecule has 1 amide bonds. The molecule has 1 aromatic heterocycles. The minimum Gasteiger partial charge on any atom is -0.494 e. The first-order valence-electron chi connectivity index (χ1n) is 15.6. The molecule has 0 N–H and O–H groups in total. The molecule has 0 aliphatic carbocycles. The smallest absolute Gasteiger partial charge is 0.343 e. The quantitative estimate of drug-likeness (QED) is 0.100. The Labute approximate surface area is 250 Å². The first kappa shape index (κ1) is 31.1. The van der Waals surface area contributed by atoms with Gasteiger partial charge >= 0.3 is 5.97 Å².